The average Bonchev–Trinajstić information content (AvgIpc) is 3.75. The Labute approximate surface area is 238 Å². The molecule has 1 saturated carbocycles. The lowest BCUT2D eigenvalue weighted by molar-refractivity contribution is -0.117. The van der Waals surface area contributed by atoms with Crippen LogP contribution in [-0.4, -0.2) is 25.8 Å². The zero-order valence-corrected chi connectivity index (χ0v) is 22.4. The van der Waals surface area contributed by atoms with E-state index in [4.69, 9.17) is 4.74 Å². The van der Waals surface area contributed by atoms with Gasteiger partial charge in [0, 0.05) is 29.1 Å². The molecule has 0 unspecified atom stereocenters. The van der Waals surface area contributed by atoms with Crippen LogP contribution in [0.4, 0.5) is 20.3 Å². The second kappa shape index (κ2) is 10.9. The maximum atomic E-state index is 15.0. The normalized spacial score (nSPS) is 12.7. The monoisotopic (exact) mass is 569 g/mol. The van der Waals surface area contributed by atoms with Crippen LogP contribution in [0.15, 0.2) is 83.9 Å². The summed E-state index contributed by atoms with van der Waals surface area (Å²) in [4.78, 5) is 42.7. The second-order valence-corrected chi connectivity index (χ2v) is 9.93. The third kappa shape index (κ3) is 5.49. The summed E-state index contributed by atoms with van der Waals surface area (Å²) in [6, 6.07) is 15.7. The van der Waals surface area contributed by atoms with Crippen molar-refractivity contribution in [3.63, 3.8) is 0 Å². The summed E-state index contributed by atoms with van der Waals surface area (Å²) in [6.07, 6.45) is 5.53. The number of fused-ring (bicyclic) bond motifs is 1. The molecular weight excluding hydrogens is 544 g/mol. The minimum Gasteiger partial charge on any atom is -0.453 e. The zero-order valence-electron chi connectivity index (χ0n) is 22.4. The number of imidazole rings is 1. The molecule has 5 aromatic rings. The summed E-state index contributed by atoms with van der Waals surface area (Å²) in [6.45, 7) is 1.86. The van der Waals surface area contributed by atoms with Gasteiger partial charge in [-0.3, -0.25) is 19.0 Å². The molecule has 0 aliphatic heterocycles. The predicted molar refractivity (Wildman–Crippen MR) is 152 cm³/mol. The van der Waals surface area contributed by atoms with Crippen LogP contribution in [0.25, 0.3) is 11.3 Å². The zero-order chi connectivity index (χ0) is 29.4. The van der Waals surface area contributed by atoms with Crippen LogP contribution in [0, 0.1) is 17.6 Å². The van der Waals surface area contributed by atoms with Gasteiger partial charge in [0.1, 0.15) is 22.8 Å². The molecule has 0 radical (unpaired) electrons. The van der Waals surface area contributed by atoms with Crippen molar-refractivity contribution in [1.82, 2.24) is 14.0 Å². The Morgan fingerprint density at radius 3 is 2.48 bits per heavy atom. The maximum Gasteiger partial charge on any atom is 0.268 e. The summed E-state index contributed by atoms with van der Waals surface area (Å²) in [5.41, 5.74) is 1.04. The highest BCUT2D eigenvalue weighted by Gasteiger charge is 2.30. The molecule has 2 amide bonds. The second-order valence-electron chi connectivity index (χ2n) is 9.93. The number of rotatable bonds is 8. The number of nitrogens with zero attached hydrogens (tertiary/aromatic N) is 3. The first-order chi connectivity index (χ1) is 20.3. The standard InChI is InChI=1S/C31H25F2N5O4/c1-2-21-10-12-24(31(41)38(21)22-8-5-19(32)6-9-22)30(40)34-20-7-13-26(25(33)15-20)42-23-11-14-28-35-27(17-37(28)16-23)36-29(39)18-3-4-18/h5-18H,2-4H2,1H3,(H,34,40)(H,36,39). The quantitative estimate of drug-likeness (QED) is 0.249. The third-order valence-electron chi connectivity index (χ3n) is 6.90. The number of carbonyl (C=O) groups excluding carboxylic acids is 2. The highest BCUT2D eigenvalue weighted by atomic mass is 19.1. The van der Waals surface area contributed by atoms with Crippen LogP contribution in [-0.2, 0) is 11.2 Å². The van der Waals surface area contributed by atoms with Gasteiger partial charge in [-0.25, -0.2) is 13.8 Å². The minimum atomic E-state index is -0.735. The molecule has 0 bridgehead atoms. The van der Waals surface area contributed by atoms with Crippen molar-refractivity contribution >= 4 is 29.0 Å². The van der Waals surface area contributed by atoms with Crippen molar-refractivity contribution in [3.8, 4) is 17.2 Å². The highest BCUT2D eigenvalue weighted by Crippen LogP contribution is 2.31. The number of hydrogen-bond acceptors (Lipinski definition) is 5. The molecule has 0 saturated heterocycles. The van der Waals surface area contributed by atoms with Gasteiger partial charge >= 0.3 is 0 Å². The van der Waals surface area contributed by atoms with E-state index in [2.05, 4.69) is 15.6 Å². The van der Waals surface area contributed by atoms with Crippen LogP contribution >= 0.6 is 0 Å². The molecule has 3 heterocycles. The van der Waals surface area contributed by atoms with Gasteiger partial charge in [0.05, 0.1) is 12.4 Å². The number of pyridine rings is 2. The van der Waals surface area contributed by atoms with E-state index in [-0.39, 0.29) is 28.8 Å². The lowest BCUT2D eigenvalue weighted by Gasteiger charge is -2.14. The first-order valence-corrected chi connectivity index (χ1v) is 13.4. The Hall–Kier alpha value is -5.32. The Kier molecular flexibility index (Phi) is 6.99. The number of anilines is 2. The van der Waals surface area contributed by atoms with Gasteiger partial charge in [0.25, 0.3) is 11.5 Å². The molecule has 2 aromatic carbocycles. The van der Waals surface area contributed by atoms with E-state index in [0.29, 0.717) is 35.0 Å². The van der Waals surface area contributed by atoms with Crippen molar-refractivity contribution < 1.29 is 23.1 Å². The summed E-state index contributed by atoms with van der Waals surface area (Å²) in [5, 5.41) is 5.34. The number of aryl methyl sites for hydroxylation is 1. The lowest BCUT2D eigenvalue weighted by atomic mass is 10.1. The van der Waals surface area contributed by atoms with E-state index in [1.807, 2.05) is 6.92 Å². The van der Waals surface area contributed by atoms with Crippen molar-refractivity contribution in [2.45, 2.75) is 26.2 Å². The van der Waals surface area contributed by atoms with E-state index in [0.717, 1.165) is 18.9 Å². The molecule has 1 fully saturated rings. The van der Waals surface area contributed by atoms with Crippen molar-refractivity contribution in [1.29, 1.82) is 0 Å². The molecule has 9 nitrogen and oxygen atoms in total. The van der Waals surface area contributed by atoms with E-state index in [1.165, 1.54) is 47.0 Å². The summed E-state index contributed by atoms with van der Waals surface area (Å²) in [5.74, 6) is -1.24. The Morgan fingerprint density at radius 1 is 0.976 bits per heavy atom. The molecule has 42 heavy (non-hydrogen) atoms. The first kappa shape index (κ1) is 26.9. The summed E-state index contributed by atoms with van der Waals surface area (Å²) in [7, 11) is 0. The number of ether oxygens (including phenoxy) is 1. The molecule has 11 heteroatoms. The Bertz CT molecular complexity index is 1890. The Balaban J connectivity index is 1.18. The molecule has 3 aromatic heterocycles. The molecule has 2 N–H and O–H groups in total. The number of benzene rings is 2. The number of halogens is 2. The van der Waals surface area contributed by atoms with Crippen LogP contribution in [0.5, 0.6) is 11.5 Å². The van der Waals surface area contributed by atoms with Crippen LogP contribution in [0.1, 0.15) is 35.8 Å². The largest absolute Gasteiger partial charge is 0.453 e. The van der Waals surface area contributed by atoms with Crippen molar-refractivity contribution in [3.05, 3.63) is 112 Å². The molecule has 0 spiro atoms. The summed E-state index contributed by atoms with van der Waals surface area (Å²) >= 11 is 0. The molecule has 212 valence electrons. The van der Waals surface area contributed by atoms with Gasteiger partial charge in [-0.1, -0.05) is 6.92 Å². The van der Waals surface area contributed by atoms with Crippen LogP contribution in [0.2, 0.25) is 0 Å². The fourth-order valence-corrected chi connectivity index (χ4v) is 4.55. The van der Waals surface area contributed by atoms with Gasteiger partial charge in [-0.15, -0.1) is 0 Å². The van der Waals surface area contributed by atoms with E-state index in [1.54, 1.807) is 35.0 Å². The molecule has 6 rings (SSSR count). The number of carbonyl (C=O) groups is 2. The summed E-state index contributed by atoms with van der Waals surface area (Å²) < 4.78 is 37.2. The van der Waals surface area contributed by atoms with E-state index >= 15 is 0 Å². The number of nitrogens with one attached hydrogen (secondary N) is 2. The number of aromatic nitrogens is 3. The van der Waals surface area contributed by atoms with Gasteiger partial charge in [-0.05, 0) is 79.9 Å². The molecule has 1 aliphatic rings. The van der Waals surface area contributed by atoms with Crippen molar-refractivity contribution in [2.24, 2.45) is 5.92 Å². The Morgan fingerprint density at radius 2 is 1.76 bits per heavy atom. The molecule has 1 aliphatic carbocycles. The lowest BCUT2D eigenvalue weighted by Crippen LogP contribution is -2.30. The minimum absolute atomic E-state index is 0.0474. The van der Waals surface area contributed by atoms with Crippen LogP contribution < -0.4 is 20.9 Å². The van der Waals surface area contributed by atoms with Gasteiger partial charge in [0.15, 0.2) is 17.4 Å². The van der Waals surface area contributed by atoms with Crippen LogP contribution in [0.3, 0.4) is 0 Å². The smallest absolute Gasteiger partial charge is 0.268 e. The van der Waals surface area contributed by atoms with Gasteiger partial charge in [0.2, 0.25) is 5.91 Å². The number of amides is 2. The number of hydrogen-bond donors (Lipinski definition) is 2. The topological polar surface area (TPSA) is 107 Å². The fourth-order valence-electron chi connectivity index (χ4n) is 4.55. The first-order valence-electron chi connectivity index (χ1n) is 13.4. The van der Waals surface area contributed by atoms with Crippen molar-refractivity contribution in [2.75, 3.05) is 10.6 Å². The van der Waals surface area contributed by atoms with E-state index in [9.17, 15) is 23.2 Å². The molecule has 0 atom stereocenters. The fraction of sp³-hybridized carbons (Fsp3) is 0.161. The maximum absolute atomic E-state index is 15.0. The van der Waals surface area contributed by atoms with E-state index < -0.39 is 23.1 Å². The predicted octanol–water partition coefficient (Wildman–Crippen LogP) is 5.72. The third-order valence-corrected chi connectivity index (χ3v) is 6.90. The van der Waals surface area contributed by atoms with Gasteiger partial charge < -0.3 is 19.8 Å². The molecular formula is C31H25F2N5O4. The SMILES string of the molecule is CCc1ccc(C(=O)Nc2ccc(Oc3ccc4nc(NC(=O)C5CC5)cn4c3)c(F)c2)c(=O)n1-c1ccc(F)cc1. The average molecular weight is 570 g/mol. The van der Waals surface area contributed by atoms with Gasteiger partial charge in [-0.2, -0.15) is 0 Å². The highest BCUT2D eigenvalue weighted by molar-refractivity contribution is 6.04.